The smallest absolute Gasteiger partial charge is 0.0742 e. The van der Waals surface area contributed by atoms with Crippen molar-refractivity contribution in [1.82, 2.24) is 0 Å². The number of para-hydroxylation sites is 2. The van der Waals surface area contributed by atoms with Gasteiger partial charge in [-0.25, -0.2) is 0 Å². The molecule has 0 saturated heterocycles. The summed E-state index contributed by atoms with van der Waals surface area (Å²) >= 11 is 0. The van der Waals surface area contributed by atoms with Crippen molar-refractivity contribution in [2.24, 2.45) is 0 Å². The summed E-state index contributed by atoms with van der Waals surface area (Å²) in [6.45, 7) is 12.4. The molecule has 0 aromatic heterocycles. The fourth-order valence-electron chi connectivity index (χ4n) is 2.67. The van der Waals surface area contributed by atoms with E-state index in [0.29, 0.717) is 13.2 Å². The Morgan fingerprint density at radius 2 is 1.00 bits per heavy atom. The molecule has 0 fully saturated rings. The fraction of sp³-hybridized carbons (Fsp3) is 0.455. The van der Waals surface area contributed by atoms with Gasteiger partial charge in [-0.05, 0) is 53.7 Å². The van der Waals surface area contributed by atoms with Crippen molar-refractivity contribution in [1.29, 1.82) is 0 Å². The number of ether oxygens (including phenoxy) is 1. The Morgan fingerprint density at radius 1 is 0.667 bits per heavy atom. The molecular formula is C22H32N2O3. The van der Waals surface area contributed by atoms with E-state index in [2.05, 4.69) is 0 Å². The third-order valence-corrected chi connectivity index (χ3v) is 4.23. The standard InChI is InChI=1S/C22H32N2O3/c1-21(2,3)23(25)19-13-9-7-11-17(19)15-27-16-18-12-8-10-14-20(18)24(26)22(4,5)6/h7-14,25-26H,15-16H2,1-6H3. The van der Waals surface area contributed by atoms with Gasteiger partial charge in [0, 0.05) is 11.1 Å². The highest BCUT2D eigenvalue weighted by Gasteiger charge is 2.23. The van der Waals surface area contributed by atoms with Crippen molar-refractivity contribution < 1.29 is 15.2 Å². The molecule has 5 nitrogen and oxygen atoms in total. The zero-order valence-electron chi connectivity index (χ0n) is 17.2. The lowest BCUT2D eigenvalue weighted by molar-refractivity contribution is 0.103. The molecule has 0 atom stereocenters. The number of hydroxylamine groups is 2. The minimum atomic E-state index is -0.410. The van der Waals surface area contributed by atoms with E-state index in [1.54, 1.807) is 0 Å². The molecule has 0 aliphatic carbocycles. The van der Waals surface area contributed by atoms with Crippen LogP contribution in [0.4, 0.5) is 11.4 Å². The molecule has 0 aliphatic rings. The molecule has 0 heterocycles. The van der Waals surface area contributed by atoms with Crippen LogP contribution in [-0.4, -0.2) is 21.5 Å². The van der Waals surface area contributed by atoms with Crippen molar-refractivity contribution in [2.75, 3.05) is 10.1 Å². The van der Waals surface area contributed by atoms with E-state index in [-0.39, 0.29) is 0 Å². The van der Waals surface area contributed by atoms with Gasteiger partial charge in [-0.3, -0.25) is 20.5 Å². The van der Waals surface area contributed by atoms with E-state index in [4.69, 9.17) is 4.74 Å². The van der Waals surface area contributed by atoms with Gasteiger partial charge in [0.15, 0.2) is 0 Å². The van der Waals surface area contributed by atoms with Gasteiger partial charge in [-0.1, -0.05) is 36.4 Å². The second-order valence-electron chi connectivity index (χ2n) is 8.72. The fourth-order valence-corrected chi connectivity index (χ4v) is 2.67. The Balaban J connectivity index is 2.13. The van der Waals surface area contributed by atoms with Gasteiger partial charge in [-0.15, -0.1) is 0 Å². The lowest BCUT2D eigenvalue weighted by Gasteiger charge is -2.33. The zero-order valence-corrected chi connectivity index (χ0v) is 17.2. The monoisotopic (exact) mass is 372 g/mol. The molecule has 2 aromatic rings. The molecule has 2 aromatic carbocycles. The summed E-state index contributed by atoms with van der Waals surface area (Å²) in [6, 6.07) is 15.3. The summed E-state index contributed by atoms with van der Waals surface area (Å²) in [6.07, 6.45) is 0. The van der Waals surface area contributed by atoms with E-state index < -0.39 is 11.1 Å². The van der Waals surface area contributed by atoms with Crippen LogP contribution in [0.25, 0.3) is 0 Å². The van der Waals surface area contributed by atoms with Crippen LogP contribution in [0.2, 0.25) is 0 Å². The maximum atomic E-state index is 10.5. The minimum Gasteiger partial charge on any atom is -0.372 e. The van der Waals surface area contributed by atoms with Gasteiger partial charge < -0.3 is 4.74 Å². The Kier molecular flexibility index (Phi) is 6.52. The molecule has 148 valence electrons. The maximum absolute atomic E-state index is 10.5. The summed E-state index contributed by atoms with van der Waals surface area (Å²) in [5.41, 5.74) is 2.46. The first-order valence-electron chi connectivity index (χ1n) is 9.23. The molecule has 0 aliphatic heterocycles. The topological polar surface area (TPSA) is 56.2 Å². The number of benzene rings is 2. The summed E-state index contributed by atoms with van der Waals surface area (Å²) in [5, 5.41) is 23.5. The van der Waals surface area contributed by atoms with Crippen LogP contribution in [0.15, 0.2) is 48.5 Å². The molecule has 0 bridgehead atoms. The average molecular weight is 373 g/mol. The molecule has 0 amide bonds. The van der Waals surface area contributed by atoms with Gasteiger partial charge in [0.05, 0.1) is 35.7 Å². The van der Waals surface area contributed by atoms with Crippen molar-refractivity contribution in [3.05, 3.63) is 59.7 Å². The molecule has 0 radical (unpaired) electrons. The summed E-state index contributed by atoms with van der Waals surface area (Å²) in [7, 11) is 0. The number of hydrogen-bond donors (Lipinski definition) is 2. The lowest BCUT2D eigenvalue weighted by Crippen LogP contribution is -2.39. The molecule has 0 saturated carbocycles. The van der Waals surface area contributed by atoms with Crippen LogP contribution in [0.5, 0.6) is 0 Å². The first kappa shape index (κ1) is 21.2. The van der Waals surface area contributed by atoms with Gasteiger partial charge in [0.2, 0.25) is 0 Å². The quantitative estimate of drug-likeness (QED) is 0.666. The highest BCUT2D eigenvalue weighted by Crippen LogP contribution is 2.28. The van der Waals surface area contributed by atoms with E-state index in [0.717, 1.165) is 22.5 Å². The van der Waals surface area contributed by atoms with Crippen molar-refractivity contribution in [3.8, 4) is 0 Å². The number of nitrogens with zero attached hydrogens (tertiary/aromatic N) is 2. The van der Waals surface area contributed by atoms with Crippen LogP contribution < -0.4 is 10.1 Å². The second kappa shape index (κ2) is 8.30. The van der Waals surface area contributed by atoms with E-state index in [9.17, 15) is 10.4 Å². The third kappa shape index (κ3) is 5.45. The first-order chi connectivity index (χ1) is 12.5. The second-order valence-corrected chi connectivity index (χ2v) is 8.72. The molecule has 27 heavy (non-hydrogen) atoms. The Labute approximate surface area is 162 Å². The number of hydrogen-bond acceptors (Lipinski definition) is 5. The molecule has 5 heteroatoms. The normalized spacial score (nSPS) is 12.1. The van der Waals surface area contributed by atoms with Gasteiger partial charge in [0.25, 0.3) is 0 Å². The van der Waals surface area contributed by atoms with Crippen LogP contribution in [0.1, 0.15) is 52.7 Å². The number of rotatable bonds is 6. The molecule has 0 unspecified atom stereocenters. The lowest BCUT2D eigenvalue weighted by atomic mass is 10.1. The SMILES string of the molecule is CC(C)(C)N(O)c1ccccc1COCc1ccccc1N(O)C(C)(C)C. The highest BCUT2D eigenvalue weighted by molar-refractivity contribution is 5.54. The Hall–Kier alpha value is -2.08. The van der Waals surface area contributed by atoms with Crippen molar-refractivity contribution in [3.63, 3.8) is 0 Å². The molecule has 0 spiro atoms. The van der Waals surface area contributed by atoms with Crippen molar-refractivity contribution >= 4 is 11.4 Å². The van der Waals surface area contributed by atoms with E-state index in [1.807, 2.05) is 90.1 Å². The van der Waals surface area contributed by atoms with Gasteiger partial charge in [0.1, 0.15) is 0 Å². The average Bonchev–Trinajstić information content (AvgIpc) is 2.60. The van der Waals surface area contributed by atoms with Gasteiger partial charge in [-0.2, -0.15) is 0 Å². The third-order valence-electron chi connectivity index (χ3n) is 4.23. The summed E-state index contributed by atoms with van der Waals surface area (Å²) in [4.78, 5) is 0. The Morgan fingerprint density at radius 3 is 1.33 bits per heavy atom. The maximum Gasteiger partial charge on any atom is 0.0742 e. The summed E-state index contributed by atoms with van der Waals surface area (Å²) < 4.78 is 5.94. The van der Waals surface area contributed by atoms with Crippen LogP contribution in [0.3, 0.4) is 0 Å². The minimum absolute atomic E-state index is 0.360. The zero-order chi connectivity index (χ0) is 20.2. The molecule has 2 N–H and O–H groups in total. The number of anilines is 2. The van der Waals surface area contributed by atoms with Gasteiger partial charge >= 0.3 is 0 Å². The highest BCUT2D eigenvalue weighted by atomic mass is 16.5. The summed E-state index contributed by atoms with van der Waals surface area (Å²) in [5.74, 6) is 0. The molecule has 2 rings (SSSR count). The predicted molar refractivity (Wildman–Crippen MR) is 109 cm³/mol. The van der Waals surface area contributed by atoms with E-state index >= 15 is 0 Å². The first-order valence-corrected chi connectivity index (χ1v) is 9.23. The van der Waals surface area contributed by atoms with Crippen LogP contribution in [-0.2, 0) is 18.0 Å². The molecular weight excluding hydrogens is 340 g/mol. The Bertz CT molecular complexity index is 684. The van der Waals surface area contributed by atoms with E-state index in [1.165, 1.54) is 10.1 Å². The largest absolute Gasteiger partial charge is 0.372 e. The van der Waals surface area contributed by atoms with Crippen LogP contribution in [0, 0.1) is 0 Å². The van der Waals surface area contributed by atoms with Crippen LogP contribution >= 0.6 is 0 Å². The predicted octanol–water partition coefficient (Wildman–Crippen LogP) is 5.39. The van der Waals surface area contributed by atoms with Crippen molar-refractivity contribution in [2.45, 2.75) is 65.8 Å².